The summed E-state index contributed by atoms with van der Waals surface area (Å²) in [6.07, 6.45) is 9.84. The van der Waals surface area contributed by atoms with E-state index in [-0.39, 0.29) is 17.7 Å². The minimum atomic E-state index is -0.0230. The molecule has 0 radical (unpaired) electrons. The van der Waals surface area contributed by atoms with Gasteiger partial charge in [0.15, 0.2) is 11.5 Å². The highest BCUT2D eigenvalue weighted by Crippen LogP contribution is 2.29. The van der Waals surface area contributed by atoms with E-state index < -0.39 is 0 Å². The molecule has 6 heteroatoms. The minimum Gasteiger partial charge on any atom is -0.493 e. The molecule has 1 aromatic rings. The van der Waals surface area contributed by atoms with Crippen LogP contribution in [0.5, 0.6) is 11.5 Å². The lowest BCUT2D eigenvalue weighted by Crippen LogP contribution is -2.51. The van der Waals surface area contributed by atoms with Crippen molar-refractivity contribution < 1.29 is 19.1 Å². The van der Waals surface area contributed by atoms with E-state index in [1.165, 1.54) is 0 Å². The van der Waals surface area contributed by atoms with Crippen molar-refractivity contribution in [2.75, 3.05) is 39.9 Å². The summed E-state index contributed by atoms with van der Waals surface area (Å²) in [5, 5.41) is 0. The Hall–Kier alpha value is -2.50. The molecule has 6 nitrogen and oxygen atoms in total. The van der Waals surface area contributed by atoms with Gasteiger partial charge in [-0.15, -0.1) is 0 Å². The standard InChI is InChI=1S/C24H34N2O4/c1-3-4-17-30-21-11-9-19(18-22(21)29-2)10-12-23(27)25-13-15-26(16-14-25)24(28)20-7-5-6-8-20/h9-12,18,20H,3-8,13-17H2,1-2H3/b12-10+. The van der Waals surface area contributed by atoms with Gasteiger partial charge in [-0.3, -0.25) is 9.59 Å². The van der Waals surface area contributed by atoms with E-state index in [9.17, 15) is 9.59 Å². The highest BCUT2D eigenvalue weighted by Gasteiger charge is 2.30. The highest BCUT2D eigenvalue weighted by atomic mass is 16.5. The summed E-state index contributed by atoms with van der Waals surface area (Å²) in [6.45, 7) is 5.23. The number of carbonyl (C=O) groups excluding carboxylic acids is 2. The van der Waals surface area contributed by atoms with Crippen LogP contribution in [0.2, 0.25) is 0 Å². The molecule has 30 heavy (non-hydrogen) atoms. The molecule has 1 saturated heterocycles. The van der Waals surface area contributed by atoms with Crippen LogP contribution in [0.4, 0.5) is 0 Å². The van der Waals surface area contributed by atoms with Crippen molar-refractivity contribution in [1.29, 1.82) is 0 Å². The van der Waals surface area contributed by atoms with Gasteiger partial charge in [0.2, 0.25) is 11.8 Å². The average Bonchev–Trinajstić information content (AvgIpc) is 3.32. The van der Waals surface area contributed by atoms with E-state index in [0.29, 0.717) is 38.5 Å². The van der Waals surface area contributed by atoms with Gasteiger partial charge < -0.3 is 19.3 Å². The van der Waals surface area contributed by atoms with Gasteiger partial charge in [-0.25, -0.2) is 0 Å². The number of piperazine rings is 1. The Morgan fingerprint density at radius 3 is 2.43 bits per heavy atom. The fourth-order valence-corrected chi connectivity index (χ4v) is 4.08. The molecule has 0 atom stereocenters. The SMILES string of the molecule is CCCCOc1ccc(/C=C/C(=O)N2CCN(C(=O)C3CCCC3)CC2)cc1OC. The van der Waals surface area contributed by atoms with E-state index in [0.717, 1.165) is 49.8 Å². The third-order valence-corrected chi connectivity index (χ3v) is 5.97. The Morgan fingerprint density at radius 1 is 1.07 bits per heavy atom. The van der Waals surface area contributed by atoms with Crippen molar-refractivity contribution in [2.45, 2.75) is 45.4 Å². The molecule has 2 aliphatic rings. The number of methoxy groups -OCH3 is 1. The maximum absolute atomic E-state index is 12.6. The first-order valence-electron chi connectivity index (χ1n) is 11.2. The summed E-state index contributed by atoms with van der Waals surface area (Å²) in [6, 6.07) is 5.68. The maximum atomic E-state index is 12.6. The van der Waals surface area contributed by atoms with Gasteiger partial charge in [0.05, 0.1) is 13.7 Å². The van der Waals surface area contributed by atoms with Gasteiger partial charge in [0, 0.05) is 38.2 Å². The topological polar surface area (TPSA) is 59.1 Å². The van der Waals surface area contributed by atoms with Crippen molar-refractivity contribution in [3.63, 3.8) is 0 Å². The number of amides is 2. The van der Waals surface area contributed by atoms with Gasteiger partial charge in [0.25, 0.3) is 0 Å². The number of nitrogens with zero attached hydrogens (tertiary/aromatic N) is 2. The number of rotatable bonds is 8. The molecule has 1 heterocycles. The zero-order valence-corrected chi connectivity index (χ0v) is 18.3. The number of ether oxygens (including phenoxy) is 2. The molecule has 0 bridgehead atoms. The van der Waals surface area contributed by atoms with Gasteiger partial charge in [0.1, 0.15) is 0 Å². The van der Waals surface area contributed by atoms with E-state index >= 15 is 0 Å². The fourth-order valence-electron chi connectivity index (χ4n) is 4.08. The van der Waals surface area contributed by atoms with E-state index in [2.05, 4.69) is 6.92 Å². The number of unbranched alkanes of at least 4 members (excludes halogenated alkanes) is 1. The molecule has 2 amide bonds. The van der Waals surface area contributed by atoms with Crippen molar-refractivity contribution >= 4 is 17.9 Å². The lowest BCUT2D eigenvalue weighted by Gasteiger charge is -2.35. The van der Waals surface area contributed by atoms with E-state index in [1.54, 1.807) is 19.3 Å². The van der Waals surface area contributed by atoms with Gasteiger partial charge in [-0.2, -0.15) is 0 Å². The van der Waals surface area contributed by atoms with Crippen molar-refractivity contribution in [1.82, 2.24) is 9.80 Å². The predicted molar refractivity (Wildman–Crippen MR) is 118 cm³/mol. The van der Waals surface area contributed by atoms with E-state index in [4.69, 9.17) is 9.47 Å². The zero-order valence-electron chi connectivity index (χ0n) is 18.3. The van der Waals surface area contributed by atoms with E-state index in [1.807, 2.05) is 28.0 Å². The van der Waals surface area contributed by atoms with Gasteiger partial charge >= 0.3 is 0 Å². The van der Waals surface area contributed by atoms with Gasteiger partial charge in [-0.1, -0.05) is 32.3 Å². The summed E-state index contributed by atoms with van der Waals surface area (Å²) in [7, 11) is 1.62. The van der Waals surface area contributed by atoms with Crippen LogP contribution in [0.25, 0.3) is 6.08 Å². The molecule has 1 saturated carbocycles. The van der Waals surface area contributed by atoms with Crippen LogP contribution in [-0.4, -0.2) is 61.5 Å². The number of hydrogen-bond acceptors (Lipinski definition) is 4. The summed E-state index contributed by atoms with van der Waals surface area (Å²) >= 11 is 0. The Morgan fingerprint density at radius 2 is 1.77 bits per heavy atom. The molecule has 3 rings (SSSR count). The lowest BCUT2D eigenvalue weighted by molar-refractivity contribution is -0.140. The predicted octanol–water partition coefficient (Wildman–Crippen LogP) is 3.75. The molecule has 0 unspecified atom stereocenters. The Labute approximate surface area is 179 Å². The first kappa shape index (κ1) is 22.2. The summed E-state index contributed by atoms with van der Waals surface area (Å²) < 4.78 is 11.2. The number of carbonyl (C=O) groups is 2. The monoisotopic (exact) mass is 414 g/mol. The summed E-state index contributed by atoms with van der Waals surface area (Å²) in [5.41, 5.74) is 0.887. The summed E-state index contributed by atoms with van der Waals surface area (Å²) in [5.74, 6) is 1.85. The Kier molecular flexibility index (Phi) is 8.17. The molecule has 2 fully saturated rings. The molecule has 1 aliphatic heterocycles. The number of hydrogen-bond donors (Lipinski definition) is 0. The lowest BCUT2D eigenvalue weighted by atomic mass is 10.1. The first-order valence-corrected chi connectivity index (χ1v) is 11.2. The molecular weight excluding hydrogens is 380 g/mol. The van der Waals surface area contributed by atoms with Crippen LogP contribution in [0.15, 0.2) is 24.3 Å². The smallest absolute Gasteiger partial charge is 0.246 e. The van der Waals surface area contributed by atoms with Crippen LogP contribution in [0, 0.1) is 5.92 Å². The minimum absolute atomic E-state index is 0.0230. The molecule has 0 aromatic heterocycles. The Balaban J connectivity index is 1.51. The maximum Gasteiger partial charge on any atom is 0.246 e. The van der Waals surface area contributed by atoms with Crippen LogP contribution >= 0.6 is 0 Å². The summed E-state index contributed by atoms with van der Waals surface area (Å²) in [4.78, 5) is 28.9. The van der Waals surface area contributed by atoms with Crippen LogP contribution < -0.4 is 9.47 Å². The molecule has 164 valence electrons. The van der Waals surface area contributed by atoms with Crippen molar-refractivity contribution in [2.24, 2.45) is 5.92 Å². The van der Waals surface area contributed by atoms with Gasteiger partial charge in [-0.05, 0) is 43.0 Å². The third kappa shape index (κ3) is 5.77. The Bertz CT molecular complexity index is 748. The quantitative estimate of drug-likeness (QED) is 0.480. The third-order valence-electron chi connectivity index (χ3n) is 5.97. The second-order valence-electron chi connectivity index (χ2n) is 8.08. The average molecular weight is 415 g/mol. The van der Waals surface area contributed by atoms with Crippen LogP contribution in [0.1, 0.15) is 51.0 Å². The molecular formula is C24H34N2O4. The first-order chi connectivity index (χ1) is 14.6. The van der Waals surface area contributed by atoms with Crippen molar-refractivity contribution in [3.8, 4) is 11.5 Å². The number of benzene rings is 1. The second kappa shape index (κ2) is 11.0. The molecule has 1 aliphatic carbocycles. The fraction of sp³-hybridized carbons (Fsp3) is 0.583. The molecule has 0 spiro atoms. The van der Waals surface area contributed by atoms with Crippen molar-refractivity contribution in [3.05, 3.63) is 29.8 Å². The normalized spacial score (nSPS) is 17.5. The largest absolute Gasteiger partial charge is 0.493 e. The molecule has 0 N–H and O–H groups in total. The van der Waals surface area contributed by atoms with Crippen LogP contribution in [0.3, 0.4) is 0 Å². The zero-order chi connectivity index (χ0) is 21.3. The second-order valence-corrected chi connectivity index (χ2v) is 8.08. The highest BCUT2D eigenvalue weighted by molar-refractivity contribution is 5.92. The molecule has 1 aromatic carbocycles. The van der Waals surface area contributed by atoms with Crippen LogP contribution in [-0.2, 0) is 9.59 Å².